The second kappa shape index (κ2) is 8.17. The number of carbonyl (C=O) groups is 1. The zero-order valence-corrected chi connectivity index (χ0v) is 16.3. The molecule has 0 unspecified atom stereocenters. The Labute approximate surface area is 161 Å². The average Bonchev–Trinajstić information content (AvgIpc) is 2.95. The Morgan fingerprint density at radius 2 is 1.93 bits per heavy atom. The van der Waals surface area contributed by atoms with Gasteiger partial charge in [0.15, 0.2) is 0 Å². The number of pyridine rings is 1. The van der Waals surface area contributed by atoms with Crippen LogP contribution in [0, 0.1) is 27.7 Å². The molecule has 27 heavy (non-hydrogen) atoms. The number of anilines is 1. The third-order valence-corrected chi connectivity index (χ3v) is 4.85. The third kappa shape index (κ3) is 4.62. The van der Waals surface area contributed by atoms with Gasteiger partial charge in [-0.2, -0.15) is 0 Å². The molecule has 0 fully saturated rings. The van der Waals surface area contributed by atoms with E-state index < -0.39 is 0 Å². The predicted molar refractivity (Wildman–Crippen MR) is 102 cm³/mol. The normalized spacial score (nSPS) is 10.7. The summed E-state index contributed by atoms with van der Waals surface area (Å²) < 4.78 is 5.18. The summed E-state index contributed by atoms with van der Waals surface area (Å²) in [7, 11) is 0. The number of thioether (sulfide) groups is 1. The van der Waals surface area contributed by atoms with Crippen LogP contribution in [0.3, 0.4) is 0 Å². The first-order chi connectivity index (χ1) is 12.9. The highest BCUT2D eigenvalue weighted by atomic mass is 32.2. The topological polar surface area (TPSA) is 106 Å². The van der Waals surface area contributed by atoms with E-state index in [9.17, 15) is 4.79 Å². The number of rotatable bonds is 6. The van der Waals surface area contributed by atoms with Crippen molar-refractivity contribution in [3.8, 4) is 0 Å². The first kappa shape index (κ1) is 18.8. The number of hydrogen-bond acceptors (Lipinski definition) is 8. The Morgan fingerprint density at radius 1 is 1.19 bits per heavy atom. The summed E-state index contributed by atoms with van der Waals surface area (Å²) in [5, 5.41) is 4.57. The van der Waals surface area contributed by atoms with Crippen molar-refractivity contribution in [3.05, 3.63) is 58.4 Å². The fourth-order valence-electron chi connectivity index (χ4n) is 2.49. The monoisotopic (exact) mass is 384 g/mol. The van der Waals surface area contributed by atoms with Crippen LogP contribution < -0.4 is 10.9 Å². The number of carbonyl (C=O) groups excluding carboxylic acids is 1. The summed E-state index contributed by atoms with van der Waals surface area (Å²) >= 11 is 1.46. The smallest absolute Gasteiger partial charge is 0.272 e. The molecular weight excluding hydrogens is 364 g/mol. The van der Waals surface area contributed by atoms with Crippen molar-refractivity contribution >= 4 is 23.6 Å². The molecular formula is C18H20N6O2S. The molecule has 8 nitrogen and oxygen atoms in total. The minimum Gasteiger partial charge on any atom is -0.361 e. The minimum absolute atomic E-state index is 0.313. The predicted octanol–water partition coefficient (Wildman–Crippen LogP) is 3.14. The molecule has 3 rings (SSSR count). The second-order valence-electron chi connectivity index (χ2n) is 6.00. The highest BCUT2D eigenvalue weighted by Crippen LogP contribution is 2.27. The molecule has 9 heteroatoms. The summed E-state index contributed by atoms with van der Waals surface area (Å²) in [4.78, 5) is 25.4. The summed E-state index contributed by atoms with van der Waals surface area (Å²) in [5.41, 5.74) is 9.34. The van der Waals surface area contributed by atoms with E-state index in [1.165, 1.54) is 11.8 Å². The van der Waals surface area contributed by atoms with Crippen molar-refractivity contribution in [3.63, 3.8) is 0 Å². The molecule has 140 valence electrons. The van der Waals surface area contributed by atoms with Gasteiger partial charge in [-0.25, -0.2) is 15.0 Å². The van der Waals surface area contributed by atoms with Crippen LogP contribution in [-0.4, -0.2) is 26.0 Å². The van der Waals surface area contributed by atoms with Crippen LogP contribution in [0.25, 0.3) is 0 Å². The molecule has 3 aromatic heterocycles. The van der Waals surface area contributed by atoms with Gasteiger partial charge in [0.2, 0.25) is 5.95 Å². The maximum absolute atomic E-state index is 12.6. The van der Waals surface area contributed by atoms with Crippen LogP contribution >= 0.6 is 11.8 Å². The molecule has 0 aromatic carbocycles. The van der Waals surface area contributed by atoms with Gasteiger partial charge >= 0.3 is 0 Å². The molecule has 0 saturated heterocycles. The van der Waals surface area contributed by atoms with Gasteiger partial charge in [-0.05, 0) is 45.9 Å². The first-order valence-electron chi connectivity index (χ1n) is 8.32. The number of hydrazine groups is 1. The molecule has 0 radical (unpaired) electrons. The lowest BCUT2D eigenvalue weighted by Crippen LogP contribution is -2.31. The lowest BCUT2D eigenvalue weighted by molar-refractivity contribution is 0.0958. The molecule has 2 N–H and O–H groups in total. The molecule has 3 heterocycles. The number of hydrogen-bond donors (Lipinski definition) is 2. The van der Waals surface area contributed by atoms with Crippen molar-refractivity contribution in [1.29, 1.82) is 0 Å². The van der Waals surface area contributed by atoms with Gasteiger partial charge in [-0.3, -0.25) is 15.6 Å². The molecule has 0 aliphatic heterocycles. The van der Waals surface area contributed by atoms with Gasteiger partial charge < -0.3 is 4.52 Å². The van der Waals surface area contributed by atoms with Crippen LogP contribution in [0.5, 0.6) is 0 Å². The summed E-state index contributed by atoms with van der Waals surface area (Å²) in [6, 6.07) is 5.31. The zero-order valence-electron chi connectivity index (χ0n) is 15.5. The number of nitrogens with zero attached hydrogens (tertiary/aromatic N) is 4. The second-order valence-corrected chi connectivity index (χ2v) is 6.97. The van der Waals surface area contributed by atoms with E-state index in [0.29, 0.717) is 22.3 Å². The largest absolute Gasteiger partial charge is 0.361 e. The van der Waals surface area contributed by atoms with Crippen molar-refractivity contribution in [1.82, 2.24) is 25.5 Å². The van der Waals surface area contributed by atoms with Gasteiger partial charge in [0.05, 0.1) is 11.3 Å². The number of amides is 1. The van der Waals surface area contributed by atoms with Gasteiger partial charge in [0, 0.05) is 28.9 Å². The molecule has 0 atom stereocenters. The average molecular weight is 384 g/mol. The van der Waals surface area contributed by atoms with Gasteiger partial charge in [0.25, 0.3) is 5.91 Å². The molecule has 0 aliphatic carbocycles. The molecule has 0 saturated carbocycles. The fourth-order valence-corrected chi connectivity index (χ4v) is 3.63. The summed E-state index contributed by atoms with van der Waals surface area (Å²) in [5.74, 6) is 1.42. The molecule has 0 spiro atoms. The molecule has 0 aliphatic rings. The van der Waals surface area contributed by atoms with Crippen molar-refractivity contribution in [2.24, 2.45) is 0 Å². The standard InChI is InChI=1S/C18H20N6O2S/c1-10-8-11(2)21-18(20-10)23-22-16(25)14-6-5-7-19-17(14)27-9-15-12(3)24-26-13(15)4/h5-8H,9H2,1-4H3,(H,22,25)(H,20,21,23). The van der Waals surface area contributed by atoms with Gasteiger partial charge in [-0.1, -0.05) is 5.16 Å². The lowest BCUT2D eigenvalue weighted by Gasteiger charge is -2.10. The van der Waals surface area contributed by atoms with E-state index in [1.807, 2.05) is 33.8 Å². The Hall–Kier alpha value is -2.94. The van der Waals surface area contributed by atoms with Crippen molar-refractivity contribution in [2.45, 2.75) is 38.5 Å². The SMILES string of the molecule is Cc1cc(C)nc(NNC(=O)c2cccnc2SCc2c(C)noc2C)n1. The Bertz CT molecular complexity index is 932. The quantitative estimate of drug-likeness (QED) is 0.493. The highest BCUT2D eigenvalue weighted by molar-refractivity contribution is 7.98. The molecule has 3 aromatic rings. The van der Waals surface area contributed by atoms with E-state index >= 15 is 0 Å². The van der Waals surface area contributed by atoms with Crippen LogP contribution in [0.15, 0.2) is 33.9 Å². The Balaban J connectivity index is 1.70. The van der Waals surface area contributed by atoms with E-state index in [-0.39, 0.29) is 5.91 Å². The van der Waals surface area contributed by atoms with Crippen molar-refractivity contribution in [2.75, 3.05) is 5.43 Å². The highest BCUT2D eigenvalue weighted by Gasteiger charge is 2.15. The minimum atomic E-state index is -0.313. The maximum atomic E-state index is 12.6. The first-order valence-corrected chi connectivity index (χ1v) is 9.31. The number of aryl methyl sites for hydroxylation is 4. The zero-order chi connectivity index (χ0) is 19.4. The van der Waals surface area contributed by atoms with Crippen LogP contribution in [0.2, 0.25) is 0 Å². The van der Waals surface area contributed by atoms with Crippen molar-refractivity contribution < 1.29 is 9.32 Å². The van der Waals surface area contributed by atoms with Crippen LogP contribution in [0.4, 0.5) is 5.95 Å². The van der Waals surface area contributed by atoms with Crippen LogP contribution in [-0.2, 0) is 5.75 Å². The van der Waals surface area contributed by atoms with E-state index in [0.717, 1.165) is 28.4 Å². The number of aromatic nitrogens is 4. The molecule has 1 amide bonds. The summed E-state index contributed by atoms with van der Waals surface area (Å²) in [6.07, 6.45) is 1.66. The lowest BCUT2D eigenvalue weighted by atomic mass is 10.2. The fraction of sp³-hybridized carbons (Fsp3) is 0.278. The molecule has 0 bridgehead atoms. The van der Waals surface area contributed by atoms with Gasteiger partial charge in [0.1, 0.15) is 10.8 Å². The van der Waals surface area contributed by atoms with E-state index in [2.05, 4.69) is 31.0 Å². The van der Waals surface area contributed by atoms with Gasteiger partial charge in [-0.15, -0.1) is 11.8 Å². The maximum Gasteiger partial charge on any atom is 0.272 e. The Morgan fingerprint density at radius 3 is 2.59 bits per heavy atom. The Kier molecular flexibility index (Phi) is 5.70. The number of nitrogens with one attached hydrogen (secondary N) is 2. The van der Waals surface area contributed by atoms with Crippen LogP contribution in [0.1, 0.15) is 38.8 Å². The third-order valence-electron chi connectivity index (χ3n) is 3.82. The van der Waals surface area contributed by atoms with E-state index in [4.69, 9.17) is 4.52 Å². The van der Waals surface area contributed by atoms with E-state index in [1.54, 1.807) is 18.3 Å². The summed E-state index contributed by atoms with van der Waals surface area (Å²) in [6.45, 7) is 7.50.